The first-order valence-electron chi connectivity index (χ1n) is 13.4. The number of nitrogens with zero attached hydrogens (tertiary/aromatic N) is 1. The molecule has 0 spiro atoms. The minimum atomic E-state index is -0.718. The molecule has 0 aromatic rings. The third kappa shape index (κ3) is 18.9. The molecule has 1 aliphatic heterocycles. The fourth-order valence-corrected chi connectivity index (χ4v) is 3.83. The highest BCUT2D eigenvalue weighted by molar-refractivity contribution is 5.69. The smallest absolute Gasteiger partial charge is 0.325 e. The van der Waals surface area contributed by atoms with Gasteiger partial charge in [0, 0.05) is 32.0 Å². The zero-order chi connectivity index (χ0) is 25.1. The van der Waals surface area contributed by atoms with Crippen molar-refractivity contribution in [3.8, 4) is 0 Å². The fourth-order valence-electron chi connectivity index (χ4n) is 3.83. The summed E-state index contributed by atoms with van der Waals surface area (Å²) in [5, 5.41) is 19.2. The molecule has 2 N–H and O–H groups in total. The number of hydrogen-bond acceptors (Lipinski definition) is 5. The molecule has 0 aromatic carbocycles. The summed E-state index contributed by atoms with van der Waals surface area (Å²) in [5.41, 5.74) is 0.495. The number of carbonyl (C=O) groups is 2. The average Bonchev–Trinajstić information content (AvgIpc) is 2.77. The molecule has 1 rings (SSSR count). The summed E-state index contributed by atoms with van der Waals surface area (Å²) < 4.78 is 0. The lowest BCUT2D eigenvalue weighted by molar-refractivity contribution is -0.206. The number of rotatable bonds is 16. The van der Waals surface area contributed by atoms with E-state index in [4.69, 9.17) is 15.1 Å². The van der Waals surface area contributed by atoms with Crippen molar-refractivity contribution < 1.29 is 24.6 Å². The van der Waals surface area contributed by atoms with Crippen LogP contribution >= 0.6 is 0 Å². The number of hydroxylamine groups is 2. The highest BCUT2D eigenvalue weighted by Gasteiger charge is 2.21. The van der Waals surface area contributed by atoms with Crippen LogP contribution in [-0.2, 0) is 14.4 Å². The Morgan fingerprint density at radius 3 is 2.18 bits per heavy atom. The van der Waals surface area contributed by atoms with Crippen molar-refractivity contribution >= 4 is 11.9 Å². The van der Waals surface area contributed by atoms with Crippen molar-refractivity contribution in [3.05, 3.63) is 0 Å². The van der Waals surface area contributed by atoms with Gasteiger partial charge in [0.05, 0.1) is 0 Å². The molecule has 1 aliphatic rings. The molecule has 196 valence electrons. The van der Waals surface area contributed by atoms with Crippen molar-refractivity contribution in [1.29, 1.82) is 0 Å². The van der Waals surface area contributed by atoms with Gasteiger partial charge in [0.2, 0.25) is 0 Å². The summed E-state index contributed by atoms with van der Waals surface area (Å²) in [5.74, 6) is -0.350. The standard InChI is InChI=1S/C16H29NO4.C11H24O/c1-14-10-8-9-13-17(14)21-16(20)12-7-5-3-2-4-6-11-15(18)19;1-5-11(3,4)8-6-7-10(2)9-12/h14H,2-13H2,1H3,(H,18,19);10,12H,5-9H2,1-4H3. The van der Waals surface area contributed by atoms with Crippen LogP contribution in [-0.4, -0.2) is 46.4 Å². The van der Waals surface area contributed by atoms with Gasteiger partial charge in [-0.1, -0.05) is 72.6 Å². The van der Waals surface area contributed by atoms with Crippen LogP contribution < -0.4 is 0 Å². The second-order valence-electron chi connectivity index (χ2n) is 10.7. The van der Waals surface area contributed by atoms with Crippen LogP contribution in [0.3, 0.4) is 0 Å². The summed E-state index contributed by atoms with van der Waals surface area (Å²) in [6.07, 6.45) is 14.8. The fraction of sp³-hybridized carbons (Fsp3) is 0.926. The SMILES string of the molecule is CC1CCCCN1OC(=O)CCCCCCCCC(=O)O.CCC(C)(C)CCCC(C)CO. The molecule has 33 heavy (non-hydrogen) atoms. The molecule has 0 saturated carbocycles. The molecule has 1 saturated heterocycles. The molecule has 0 aromatic heterocycles. The number of aliphatic hydroxyl groups excluding tert-OH is 1. The van der Waals surface area contributed by atoms with Gasteiger partial charge in [-0.3, -0.25) is 9.59 Å². The largest absolute Gasteiger partial charge is 0.481 e. The van der Waals surface area contributed by atoms with Gasteiger partial charge in [0.25, 0.3) is 0 Å². The Balaban J connectivity index is 0.000000728. The van der Waals surface area contributed by atoms with Crippen LogP contribution in [0.5, 0.6) is 0 Å². The van der Waals surface area contributed by atoms with Crippen molar-refractivity contribution in [1.82, 2.24) is 5.06 Å². The quantitative estimate of drug-likeness (QED) is 0.242. The van der Waals surface area contributed by atoms with Crippen molar-refractivity contribution in [2.75, 3.05) is 13.2 Å². The first kappa shape index (κ1) is 31.9. The lowest BCUT2D eigenvalue weighted by atomic mass is 9.84. The monoisotopic (exact) mass is 471 g/mol. The lowest BCUT2D eigenvalue weighted by Crippen LogP contribution is -2.39. The average molecular weight is 472 g/mol. The molecule has 6 heteroatoms. The maximum atomic E-state index is 11.7. The highest BCUT2D eigenvalue weighted by Crippen LogP contribution is 2.27. The Morgan fingerprint density at radius 2 is 1.64 bits per heavy atom. The van der Waals surface area contributed by atoms with Crippen LogP contribution in [0.4, 0.5) is 0 Å². The van der Waals surface area contributed by atoms with Gasteiger partial charge in [0.1, 0.15) is 0 Å². The normalized spacial score (nSPS) is 17.7. The molecule has 0 aliphatic carbocycles. The van der Waals surface area contributed by atoms with Crippen LogP contribution in [0.15, 0.2) is 0 Å². The minimum absolute atomic E-state index is 0.116. The van der Waals surface area contributed by atoms with Crippen LogP contribution in [0.1, 0.15) is 131 Å². The number of unbranched alkanes of at least 4 members (excludes halogenated alkanes) is 5. The molecular formula is C27H53NO5. The lowest BCUT2D eigenvalue weighted by Gasteiger charge is -2.31. The van der Waals surface area contributed by atoms with Gasteiger partial charge in [-0.25, -0.2) is 0 Å². The number of aliphatic hydroxyl groups is 1. The molecule has 1 fully saturated rings. The van der Waals surface area contributed by atoms with E-state index < -0.39 is 5.97 Å². The summed E-state index contributed by atoms with van der Waals surface area (Å²) in [7, 11) is 0. The van der Waals surface area contributed by atoms with Crippen LogP contribution in [0.25, 0.3) is 0 Å². The van der Waals surface area contributed by atoms with Gasteiger partial charge in [0.15, 0.2) is 0 Å². The first-order valence-corrected chi connectivity index (χ1v) is 13.4. The third-order valence-corrected chi connectivity index (χ3v) is 6.80. The molecule has 6 nitrogen and oxygen atoms in total. The predicted molar refractivity (Wildman–Crippen MR) is 135 cm³/mol. The highest BCUT2D eigenvalue weighted by atomic mass is 16.7. The third-order valence-electron chi connectivity index (χ3n) is 6.80. The zero-order valence-corrected chi connectivity index (χ0v) is 22.2. The number of aliphatic carboxylic acids is 1. The second kappa shape index (κ2) is 19.2. The van der Waals surface area contributed by atoms with Crippen LogP contribution in [0, 0.1) is 11.3 Å². The van der Waals surface area contributed by atoms with Crippen molar-refractivity contribution in [2.45, 2.75) is 137 Å². The van der Waals surface area contributed by atoms with E-state index in [0.29, 0.717) is 30.4 Å². The van der Waals surface area contributed by atoms with Crippen molar-refractivity contribution in [3.63, 3.8) is 0 Å². The number of carboxylic acids is 1. The van der Waals surface area contributed by atoms with E-state index in [1.807, 2.05) is 5.06 Å². The van der Waals surface area contributed by atoms with Gasteiger partial charge in [-0.15, -0.1) is 5.06 Å². The Kier molecular flexibility index (Phi) is 18.5. The summed E-state index contributed by atoms with van der Waals surface area (Å²) in [4.78, 5) is 27.5. The number of piperidine rings is 1. The molecule has 0 radical (unpaired) electrons. The minimum Gasteiger partial charge on any atom is -0.481 e. The molecule has 1 heterocycles. The molecule has 2 unspecified atom stereocenters. The second-order valence-corrected chi connectivity index (χ2v) is 10.7. The van der Waals surface area contributed by atoms with E-state index in [1.54, 1.807) is 0 Å². The molecule has 0 bridgehead atoms. The van der Waals surface area contributed by atoms with E-state index in [0.717, 1.165) is 57.9 Å². The molecule has 2 atom stereocenters. The van der Waals surface area contributed by atoms with E-state index in [1.165, 1.54) is 32.1 Å². The Labute approximate surface area is 203 Å². The van der Waals surface area contributed by atoms with Gasteiger partial charge in [-0.2, -0.15) is 0 Å². The molecular weight excluding hydrogens is 418 g/mol. The Bertz CT molecular complexity index is 509. The van der Waals surface area contributed by atoms with Gasteiger partial charge >= 0.3 is 11.9 Å². The van der Waals surface area contributed by atoms with Crippen LogP contribution in [0.2, 0.25) is 0 Å². The van der Waals surface area contributed by atoms with E-state index in [9.17, 15) is 9.59 Å². The summed E-state index contributed by atoms with van der Waals surface area (Å²) in [6, 6.07) is 0.344. The summed E-state index contributed by atoms with van der Waals surface area (Å²) >= 11 is 0. The zero-order valence-electron chi connectivity index (χ0n) is 22.2. The number of hydrogen-bond donors (Lipinski definition) is 2. The Morgan fingerprint density at radius 1 is 1.03 bits per heavy atom. The van der Waals surface area contributed by atoms with E-state index in [2.05, 4.69) is 34.6 Å². The van der Waals surface area contributed by atoms with Crippen molar-refractivity contribution in [2.24, 2.45) is 11.3 Å². The van der Waals surface area contributed by atoms with E-state index >= 15 is 0 Å². The number of carboxylic acid groups (broad SMARTS) is 1. The van der Waals surface area contributed by atoms with E-state index in [-0.39, 0.29) is 12.4 Å². The predicted octanol–water partition coefficient (Wildman–Crippen LogP) is 6.75. The van der Waals surface area contributed by atoms with Gasteiger partial charge in [-0.05, 0) is 56.8 Å². The topological polar surface area (TPSA) is 87.1 Å². The van der Waals surface area contributed by atoms with Gasteiger partial charge < -0.3 is 15.1 Å². The maximum absolute atomic E-state index is 11.7. The summed E-state index contributed by atoms with van der Waals surface area (Å²) in [6.45, 7) is 12.3. The first-order chi connectivity index (χ1) is 15.6. The Hall–Kier alpha value is -1.14. The molecule has 0 amide bonds. The number of carbonyl (C=O) groups excluding carboxylic acids is 1. The maximum Gasteiger partial charge on any atom is 0.325 e.